The molecule has 7 nitrogen and oxygen atoms in total. The lowest BCUT2D eigenvalue weighted by molar-refractivity contribution is -0.155. The van der Waals surface area contributed by atoms with Crippen molar-refractivity contribution in [1.29, 1.82) is 0 Å². The predicted molar refractivity (Wildman–Crippen MR) is 77.7 cm³/mol. The van der Waals surface area contributed by atoms with Gasteiger partial charge >= 0.3 is 5.97 Å². The number of hydrogen-bond acceptors (Lipinski definition) is 7. The van der Waals surface area contributed by atoms with Crippen molar-refractivity contribution in [3.63, 3.8) is 0 Å². The minimum atomic E-state index is -0.603. The highest BCUT2D eigenvalue weighted by molar-refractivity contribution is 7.98. The van der Waals surface area contributed by atoms with E-state index in [1.54, 1.807) is 24.3 Å². The van der Waals surface area contributed by atoms with Crippen LogP contribution in [-0.2, 0) is 9.53 Å². The summed E-state index contributed by atoms with van der Waals surface area (Å²) in [5.41, 5.74) is 0.275. The van der Waals surface area contributed by atoms with Gasteiger partial charge in [-0.3, -0.25) is 9.80 Å². The largest absolute Gasteiger partial charge is 0.467 e. The zero-order valence-electron chi connectivity index (χ0n) is 12.3. The van der Waals surface area contributed by atoms with Gasteiger partial charge in [-0.15, -0.1) is 0 Å². The third-order valence-electron chi connectivity index (χ3n) is 3.34. The van der Waals surface area contributed by atoms with Gasteiger partial charge in [0.05, 0.1) is 7.11 Å². The average Bonchev–Trinajstić information content (AvgIpc) is 2.53. The van der Waals surface area contributed by atoms with Gasteiger partial charge in [0, 0.05) is 19.8 Å². The topological polar surface area (TPSA) is 75.6 Å². The quantitative estimate of drug-likeness (QED) is 0.465. The van der Waals surface area contributed by atoms with E-state index >= 15 is 0 Å². The minimum absolute atomic E-state index is 0.275. The number of carbonyl (C=O) groups excluding carboxylic acids is 2. The van der Waals surface area contributed by atoms with Gasteiger partial charge in [-0.2, -0.15) is 0 Å². The summed E-state index contributed by atoms with van der Waals surface area (Å²) in [6.45, 7) is 0.708. The first kappa shape index (κ1) is 15.7. The summed E-state index contributed by atoms with van der Waals surface area (Å²) < 4.78 is 4.80. The molecule has 114 valence electrons. The van der Waals surface area contributed by atoms with Crippen molar-refractivity contribution in [3.05, 3.63) is 18.0 Å². The molecule has 0 N–H and O–H groups in total. The van der Waals surface area contributed by atoms with Gasteiger partial charge in [0.25, 0.3) is 5.91 Å². The van der Waals surface area contributed by atoms with E-state index in [1.165, 1.54) is 23.9 Å². The Morgan fingerprint density at radius 2 is 2.24 bits per heavy atom. The number of nitrogens with zero attached hydrogens (tertiary/aromatic N) is 4. The van der Waals surface area contributed by atoms with Crippen LogP contribution in [0.25, 0.3) is 0 Å². The van der Waals surface area contributed by atoms with Crippen molar-refractivity contribution in [2.24, 2.45) is 0 Å². The molecule has 0 aromatic carbocycles. The van der Waals surface area contributed by atoms with E-state index in [1.807, 2.05) is 6.26 Å². The Kier molecular flexibility index (Phi) is 5.13. The molecule has 1 fully saturated rings. The van der Waals surface area contributed by atoms with E-state index in [0.29, 0.717) is 18.1 Å². The first-order valence-corrected chi connectivity index (χ1v) is 7.80. The fourth-order valence-electron chi connectivity index (χ4n) is 2.31. The first-order chi connectivity index (χ1) is 10.1. The molecule has 1 aliphatic heterocycles. The minimum Gasteiger partial charge on any atom is -0.467 e. The van der Waals surface area contributed by atoms with E-state index in [4.69, 9.17) is 4.74 Å². The smallest absolute Gasteiger partial charge is 0.330 e. The zero-order valence-corrected chi connectivity index (χ0v) is 13.1. The maximum absolute atomic E-state index is 12.7. The number of rotatable bonds is 3. The molecule has 0 bridgehead atoms. The first-order valence-electron chi connectivity index (χ1n) is 6.58. The molecular weight excluding hydrogens is 292 g/mol. The van der Waals surface area contributed by atoms with E-state index in [-0.39, 0.29) is 11.6 Å². The molecule has 1 aliphatic rings. The average molecular weight is 310 g/mol. The molecule has 0 aliphatic carbocycles. The van der Waals surface area contributed by atoms with Gasteiger partial charge in [-0.1, -0.05) is 11.8 Å². The lowest BCUT2D eigenvalue weighted by atomic mass is 10.1. The van der Waals surface area contributed by atoms with Crippen molar-refractivity contribution in [1.82, 2.24) is 20.0 Å². The third-order valence-corrected chi connectivity index (χ3v) is 3.90. The van der Waals surface area contributed by atoms with Crippen LogP contribution in [0.5, 0.6) is 0 Å². The van der Waals surface area contributed by atoms with Crippen molar-refractivity contribution in [2.75, 3.05) is 27.0 Å². The molecule has 1 atom stereocenters. The van der Waals surface area contributed by atoms with Crippen LogP contribution in [0.3, 0.4) is 0 Å². The molecule has 0 radical (unpaired) electrons. The summed E-state index contributed by atoms with van der Waals surface area (Å²) in [4.78, 5) is 32.8. The van der Waals surface area contributed by atoms with Gasteiger partial charge in [-0.05, 0) is 25.2 Å². The zero-order chi connectivity index (χ0) is 15.4. The third kappa shape index (κ3) is 3.33. The molecule has 2 rings (SSSR count). The molecule has 1 aromatic heterocycles. The second-order valence-corrected chi connectivity index (χ2v) is 5.41. The summed E-state index contributed by atoms with van der Waals surface area (Å²) in [6, 6.07) is 0.952. The fourth-order valence-corrected chi connectivity index (χ4v) is 2.66. The SMILES string of the molecule is COC(=O)C1CCCN(C)N1C(=O)c1ccnc(SC)n1. The Morgan fingerprint density at radius 3 is 2.90 bits per heavy atom. The number of hydrogen-bond donors (Lipinski definition) is 0. The predicted octanol–water partition coefficient (Wildman–Crippen LogP) is 0.823. The van der Waals surface area contributed by atoms with Gasteiger partial charge < -0.3 is 4.74 Å². The highest BCUT2D eigenvalue weighted by Gasteiger charge is 2.37. The van der Waals surface area contributed by atoms with Gasteiger partial charge in [0.1, 0.15) is 11.7 Å². The van der Waals surface area contributed by atoms with Crippen LogP contribution in [0.2, 0.25) is 0 Å². The molecule has 1 saturated heterocycles. The number of ether oxygens (including phenoxy) is 1. The van der Waals surface area contributed by atoms with Crippen LogP contribution < -0.4 is 0 Å². The Bertz CT molecular complexity index is 540. The number of carbonyl (C=O) groups is 2. The second-order valence-electron chi connectivity index (χ2n) is 4.64. The number of methoxy groups -OCH3 is 1. The Hall–Kier alpha value is -1.67. The van der Waals surface area contributed by atoms with Crippen LogP contribution in [0.1, 0.15) is 23.3 Å². The van der Waals surface area contributed by atoms with Gasteiger partial charge in [0.2, 0.25) is 0 Å². The van der Waals surface area contributed by atoms with Crippen LogP contribution >= 0.6 is 11.8 Å². The molecule has 1 unspecified atom stereocenters. The molecule has 1 aromatic rings. The van der Waals surface area contributed by atoms with E-state index in [0.717, 1.165) is 6.42 Å². The monoisotopic (exact) mass is 310 g/mol. The number of hydrazine groups is 1. The number of esters is 1. The normalized spacial score (nSPS) is 19.4. The summed E-state index contributed by atoms with van der Waals surface area (Å²) in [5, 5.41) is 3.70. The van der Waals surface area contributed by atoms with Crippen molar-refractivity contribution in [2.45, 2.75) is 24.0 Å². The molecular formula is C13H18N4O3S. The van der Waals surface area contributed by atoms with Crippen LogP contribution in [-0.4, -0.2) is 64.9 Å². The summed E-state index contributed by atoms with van der Waals surface area (Å²) >= 11 is 1.36. The number of amides is 1. The Labute approximate surface area is 127 Å². The molecule has 0 saturated carbocycles. The molecule has 0 spiro atoms. The lowest BCUT2D eigenvalue weighted by Gasteiger charge is -2.40. The second kappa shape index (κ2) is 6.86. The molecule has 8 heteroatoms. The number of aromatic nitrogens is 2. The molecule has 21 heavy (non-hydrogen) atoms. The standard InChI is InChI=1S/C13H18N4O3S/c1-16-8-4-5-10(12(19)20-2)17(16)11(18)9-6-7-14-13(15-9)21-3/h6-7,10H,4-5,8H2,1-3H3. The van der Waals surface area contributed by atoms with Gasteiger partial charge in [-0.25, -0.2) is 19.8 Å². The number of thioether (sulfide) groups is 1. The van der Waals surface area contributed by atoms with E-state index in [9.17, 15) is 9.59 Å². The summed E-state index contributed by atoms with van der Waals surface area (Å²) in [6.07, 6.45) is 4.81. The highest BCUT2D eigenvalue weighted by atomic mass is 32.2. The van der Waals surface area contributed by atoms with Crippen LogP contribution in [0.4, 0.5) is 0 Å². The fraction of sp³-hybridized carbons (Fsp3) is 0.538. The Morgan fingerprint density at radius 1 is 1.48 bits per heavy atom. The molecule has 1 amide bonds. The highest BCUT2D eigenvalue weighted by Crippen LogP contribution is 2.21. The maximum Gasteiger partial charge on any atom is 0.330 e. The lowest BCUT2D eigenvalue weighted by Crippen LogP contribution is -2.57. The van der Waals surface area contributed by atoms with Gasteiger partial charge in [0.15, 0.2) is 5.16 Å². The van der Waals surface area contributed by atoms with Crippen molar-refractivity contribution < 1.29 is 14.3 Å². The summed E-state index contributed by atoms with van der Waals surface area (Å²) in [7, 11) is 3.11. The maximum atomic E-state index is 12.7. The summed E-state index contributed by atoms with van der Waals surface area (Å²) in [5.74, 6) is -0.723. The van der Waals surface area contributed by atoms with E-state index < -0.39 is 12.0 Å². The molecule has 2 heterocycles. The van der Waals surface area contributed by atoms with Crippen molar-refractivity contribution in [3.8, 4) is 0 Å². The van der Waals surface area contributed by atoms with Crippen LogP contribution in [0, 0.1) is 0 Å². The van der Waals surface area contributed by atoms with Crippen LogP contribution in [0.15, 0.2) is 17.4 Å². The van der Waals surface area contributed by atoms with Crippen molar-refractivity contribution >= 4 is 23.6 Å². The Balaban J connectivity index is 2.30. The van der Waals surface area contributed by atoms with E-state index in [2.05, 4.69) is 9.97 Å².